The fraction of sp³-hybridized carbons (Fsp3) is 0.167. The first-order valence-corrected chi connectivity index (χ1v) is 8.76. The molecule has 0 saturated heterocycles. The molecule has 0 aliphatic carbocycles. The average molecular weight is 371 g/mol. The molecule has 3 rings (SSSR count). The number of hydrogen-bond acceptors (Lipinski definition) is 8. The van der Waals surface area contributed by atoms with Crippen LogP contribution < -0.4 is 10.9 Å². The van der Waals surface area contributed by atoms with Crippen LogP contribution in [0.3, 0.4) is 0 Å². The minimum Gasteiger partial charge on any atom is -0.465 e. The Morgan fingerprint density at radius 2 is 1.96 bits per heavy atom. The number of aromatic nitrogens is 1. The van der Waals surface area contributed by atoms with Crippen molar-refractivity contribution in [1.82, 2.24) is 4.98 Å². The van der Waals surface area contributed by atoms with E-state index in [9.17, 15) is 9.59 Å². The first kappa shape index (κ1) is 17.7. The van der Waals surface area contributed by atoms with Crippen molar-refractivity contribution in [3.8, 4) is 0 Å². The fourth-order valence-electron chi connectivity index (χ4n) is 2.43. The van der Waals surface area contributed by atoms with Crippen molar-refractivity contribution in [3.63, 3.8) is 0 Å². The van der Waals surface area contributed by atoms with Gasteiger partial charge >= 0.3 is 11.9 Å². The maximum absolute atomic E-state index is 12.3. The van der Waals surface area contributed by atoms with E-state index in [1.807, 2.05) is 24.3 Å². The number of nitrogens with one attached hydrogen (secondary N) is 2. The lowest BCUT2D eigenvalue weighted by Crippen LogP contribution is -2.16. The molecule has 134 valence electrons. The Balaban J connectivity index is 1.98. The van der Waals surface area contributed by atoms with Gasteiger partial charge in [0.2, 0.25) is 0 Å². The Morgan fingerprint density at radius 3 is 2.73 bits per heavy atom. The number of nitrogens with zero attached hydrogens (tertiary/aromatic N) is 1. The van der Waals surface area contributed by atoms with Gasteiger partial charge in [0.15, 0.2) is 0 Å². The van der Waals surface area contributed by atoms with Crippen LogP contribution in [0.2, 0.25) is 0 Å². The summed E-state index contributed by atoms with van der Waals surface area (Å²) in [5.41, 5.74) is 8.11. The van der Waals surface area contributed by atoms with Crippen LogP contribution in [0.15, 0.2) is 41.9 Å². The van der Waals surface area contributed by atoms with Crippen molar-refractivity contribution in [1.29, 1.82) is 0 Å². The van der Waals surface area contributed by atoms with Crippen molar-refractivity contribution in [2.45, 2.75) is 6.92 Å². The van der Waals surface area contributed by atoms with Gasteiger partial charge in [-0.3, -0.25) is 15.8 Å². The van der Waals surface area contributed by atoms with Crippen LogP contribution in [-0.4, -0.2) is 30.6 Å². The maximum Gasteiger partial charge on any atom is 0.350 e. The van der Waals surface area contributed by atoms with Gasteiger partial charge in [0.1, 0.15) is 10.4 Å². The minimum absolute atomic E-state index is 0.259. The predicted octanol–water partition coefficient (Wildman–Crippen LogP) is 3.70. The lowest BCUT2D eigenvalue weighted by Gasteiger charge is -2.15. The highest BCUT2D eigenvalue weighted by atomic mass is 32.1. The molecule has 0 unspecified atom stereocenters. The van der Waals surface area contributed by atoms with E-state index in [0.717, 1.165) is 10.9 Å². The fourth-order valence-corrected chi connectivity index (χ4v) is 3.19. The van der Waals surface area contributed by atoms with Gasteiger partial charge < -0.3 is 9.47 Å². The van der Waals surface area contributed by atoms with E-state index < -0.39 is 11.9 Å². The number of esters is 2. The number of thiophene rings is 1. The second kappa shape index (κ2) is 7.83. The Morgan fingerprint density at radius 1 is 1.15 bits per heavy atom. The molecule has 0 amide bonds. The SMILES string of the molecule is CCOC(=O)c1cnc2ccccc2c1NNc1ccsc1C(=O)OC. The number of methoxy groups -OCH3 is 1. The zero-order valence-corrected chi connectivity index (χ0v) is 15.1. The third-order valence-electron chi connectivity index (χ3n) is 3.63. The second-order valence-corrected chi connectivity index (χ2v) is 6.11. The van der Waals surface area contributed by atoms with Gasteiger partial charge in [-0.25, -0.2) is 9.59 Å². The third kappa shape index (κ3) is 3.45. The standard InChI is InChI=1S/C18H17N3O4S/c1-3-25-17(22)12-10-19-13-7-5-4-6-11(13)15(12)21-20-14-8-9-26-16(14)18(23)24-2/h4-10,20H,3H2,1-2H3,(H,19,21). The van der Waals surface area contributed by atoms with E-state index in [-0.39, 0.29) is 6.61 Å². The molecule has 0 atom stereocenters. The maximum atomic E-state index is 12.3. The average Bonchev–Trinajstić information content (AvgIpc) is 3.14. The molecular weight excluding hydrogens is 354 g/mol. The number of pyridine rings is 1. The molecule has 2 N–H and O–H groups in total. The molecule has 0 fully saturated rings. The summed E-state index contributed by atoms with van der Waals surface area (Å²) in [7, 11) is 1.33. The van der Waals surface area contributed by atoms with Crippen molar-refractivity contribution >= 4 is 45.6 Å². The molecule has 3 aromatic rings. The highest BCUT2D eigenvalue weighted by Crippen LogP contribution is 2.28. The normalized spacial score (nSPS) is 10.4. The number of benzene rings is 1. The molecule has 0 aliphatic heterocycles. The number of carbonyl (C=O) groups is 2. The summed E-state index contributed by atoms with van der Waals surface area (Å²) in [6.45, 7) is 2.00. The Bertz CT molecular complexity index is 955. The molecule has 1 aromatic carbocycles. The zero-order chi connectivity index (χ0) is 18.5. The summed E-state index contributed by atoms with van der Waals surface area (Å²) >= 11 is 1.26. The van der Waals surface area contributed by atoms with E-state index in [4.69, 9.17) is 9.47 Å². The largest absolute Gasteiger partial charge is 0.465 e. The van der Waals surface area contributed by atoms with Crippen LogP contribution in [-0.2, 0) is 9.47 Å². The second-order valence-electron chi connectivity index (χ2n) is 5.19. The first-order valence-electron chi connectivity index (χ1n) is 7.88. The summed E-state index contributed by atoms with van der Waals surface area (Å²) in [4.78, 5) is 28.8. The first-order chi connectivity index (χ1) is 12.7. The van der Waals surface area contributed by atoms with E-state index >= 15 is 0 Å². The van der Waals surface area contributed by atoms with Crippen molar-refractivity contribution in [2.75, 3.05) is 24.6 Å². The third-order valence-corrected chi connectivity index (χ3v) is 4.52. The highest BCUT2D eigenvalue weighted by Gasteiger charge is 2.18. The number of ether oxygens (including phenoxy) is 2. The van der Waals surface area contributed by atoms with E-state index in [1.165, 1.54) is 24.6 Å². The summed E-state index contributed by atoms with van der Waals surface area (Å²) in [6, 6.07) is 9.17. The molecule has 0 saturated carbocycles. The molecule has 0 bridgehead atoms. The Labute approximate surface area is 153 Å². The number of anilines is 2. The van der Waals surface area contributed by atoms with Gasteiger partial charge in [-0.15, -0.1) is 11.3 Å². The van der Waals surface area contributed by atoms with Gasteiger partial charge in [-0.1, -0.05) is 18.2 Å². The summed E-state index contributed by atoms with van der Waals surface area (Å²) in [5, 5.41) is 2.52. The van der Waals surface area contributed by atoms with Gasteiger partial charge in [0.05, 0.1) is 30.6 Å². The Hall–Kier alpha value is -3.13. The molecule has 7 nitrogen and oxygen atoms in total. The van der Waals surface area contributed by atoms with E-state index in [0.29, 0.717) is 21.8 Å². The molecule has 2 aromatic heterocycles. The van der Waals surface area contributed by atoms with Crippen LogP contribution >= 0.6 is 11.3 Å². The molecule has 2 heterocycles. The van der Waals surface area contributed by atoms with Crippen LogP contribution in [0.5, 0.6) is 0 Å². The quantitative estimate of drug-likeness (QED) is 0.504. The minimum atomic E-state index is -0.478. The molecule has 0 spiro atoms. The molecule has 0 radical (unpaired) electrons. The number of fused-ring (bicyclic) bond motifs is 1. The molecule has 8 heteroatoms. The topological polar surface area (TPSA) is 89.5 Å². The Kier molecular flexibility index (Phi) is 5.33. The van der Waals surface area contributed by atoms with Crippen LogP contribution in [0.25, 0.3) is 10.9 Å². The van der Waals surface area contributed by atoms with Gasteiger partial charge in [-0.05, 0) is 24.4 Å². The number of rotatable bonds is 6. The molecular formula is C18H17N3O4S. The number of para-hydroxylation sites is 1. The summed E-state index contributed by atoms with van der Waals surface area (Å²) < 4.78 is 9.89. The number of carbonyl (C=O) groups excluding carboxylic acids is 2. The van der Waals surface area contributed by atoms with E-state index in [2.05, 4.69) is 15.8 Å². The van der Waals surface area contributed by atoms with E-state index in [1.54, 1.807) is 18.4 Å². The lowest BCUT2D eigenvalue weighted by atomic mass is 10.1. The van der Waals surface area contributed by atoms with Gasteiger partial charge in [0, 0.05) is 11.6 Å². The van der Waals surface area contributed by atoms with Gasteiger partial charge in [0.25, 0.3) is 0 Å². The molecule has 26 heavy (non-hydrogen) atoms. The smallest absolute Gasteiger partial charge is 0.350 e. The van der Waals surface area contributed by atoms with Crippen LogP contribution in [0.4, 0.5) is 11.4 Å². The van der Waals surface area contributed by atoms with Crippen molar-refractivity contribution in [2.24, 2.45) is 0 Å². The monoisotopic (exact) mass is 371 g/mol. The zero-order valence-electron chi connectivity index (χ0n) is 14.2. The summed E-state index contributed by atoms with van der Waals surface area (Å²) in [5.74, 6) is -0.914. The molecule has 0 aliphatic rings. The van der Waals surface area contributed by atoms with Gasteiger partial charge in [-0.2, -0.15) is 0 Å². The van der Waals surface area contributed by atoms with Crippen molar-refractivity contribution in [3.05, 3.63) is 52.3 Å². The lowest BCUT2D eigenvalue weighted by molar-refractivity contribution is 0.0526. The van der Waals surface area contributed by atoms with Crippen LogP contribution in [0.1, 0.15) is 27.0 Å². The van der Waals surface area contributed by atoms with Crippen molar-refractivity contribution < 1.29 is 19.1 Å². The number of hydrazine groups is 1. The highest BCUT2D eigenvalue weighted by molar-refractivity contribution is 7.12. The summed E-state index contributed by atoms with van der Waals surface area (Å²) in [6.07, 6.45) is 1.47. The predicted molar refractivity (Wildman–Crippen MR) is 101 cm³/mol. The number of hydrogen-bond donors (Lipinski definition) is 2. The van der Waals surface area contributed by atoms with Crippen LogP contribution in [0, 0.1) is 0 Å².